The molecule has 2 rings (SSSR count). The van der Waals surface area contributed by atoms with Gasteiger partial charge in [0, 0.05) is 36.3 Å². The highest BCUT2D eigenvalue weighted by atomic mass is 127. The Hall–Kier alpha value is -0.440. The Morgan fingerprint density at radius 3 is 2.86 bits per heavy atom. The molecule has 1 aliphatic rings. The van der Waals surface area contributed by atoms with Crippen LogP contribution >= 0.6 is 35.7 Å². The number of thioether (sulfide) groups is 1. The average molecular weight is 437 g/mol. The van der Waals surface area contributed by atoms with Gasteiger partial charge in [-0.25, -0.2) is 0 Å². The molecule has 1 aromatic rings. The number of aliphatic imine (C=N–C) groups is 1. The minimum atomic E-state index is 0. The number of aromatic nitrogens is 2. The van der Waals surface area contributed by atoms with Gasteiger partial charge in [-0.1, -0.05) is 0 Å². The van der Waals surface area contributed by atoms with E-state index < -0.39 is 0 Å². The molecule has 0 atom stereocenters. The highest BCUT2D eigenvalue weighted by Crippen LogP contribution is 2.29. The van der Waals surface area contributed by atoms with Crippen molar-refractivity contribution in [1.29, 1.82) is 0 Å². The number of rotatable bonds is 4. The van der Waals surface area contributed by atoms with Gasteiger partial charge in [0.25, 0.3) is 0 Å². The molecule has 0 bridgehead atoms. The summed E-state index contributed by atoms with van der Waals surface area (Å²) in [5, 5.41) is 7.72. The van der Waals surface area contributed by atoms with E-state index in [2.05, 4.69) is 49.2 Å². The summed E-state index contributed by atoms with van der Waals surface area (Å²) in [6, 6.07) is 0. The van der Waals surface area contributed by atoms with Gasteiger partial charge in [0.05, 0.1) is 19.3 Å². The molecule has 1 N–H and O–H groups in total. The molecule has 0 spiro atoms. The van der Waals surface area contributed by atoms with Crippen LogP contribution in [-0.4, -0.2) is 57.3 Å². The van der Waals surface area contributed by atoms with Crippen LogP contribution in [0.1, 0.15) is 26.3 Å². The van der Waals surface area contributed by atoms with Crippen molar-refractivity contribution in [2.24, 2.45) is 4.99 Å². The topological polar surface area (TPSA) is 45.5 Å². The summed E-state index contributed by atoms with van der Waals surface area (Å²) in [5.74, 6) is 2.20. The van der Waals surface area contributed by atoms with Crippen LogP contribution in [0.3, 0.4) is 0 Å². The van der Waals surface area contributed by atoms with Gasteiger partial charge in [-0.3, -0.25) is 9.67 Å². The summed E-state index contributed by atoms with van der Waals surface area (Å²) >= 11 is 2.04. The van der Waals surface area contributed by atoms with Crippen molar-refractivity contribution in [3.8, 4) is 0 Å². The fourth-order valence-corrected chi connectivity index (χ4v) is 3.58. The maximum absolute atomic E-state index is 4.77. The van der Waals surface area contributed by atoms with E-state index in [4.69, 9.17) is 4.99 Å². The van der Waals surface area contributed by atoms with E-state index in [0.717, 1.165) is 44.4 Å². The van der Waals surface area contributed by atoms with Gasteiger partial charge in [0.15, 0.2) is 5.96 Å². The van der Waals surface area contributed by atoms with Crippen LogP contribution < -0.4 is 5.32 Å². The fourth-order valence-electron chi connectivity index (χ4n) is 2.47. The summed E-state index contributed by atoms with van der Waals surface area (Å²) in [4.78, 5) is 7.15. The quantitative estimate of drug-likeness (QED) is 0.447. The Balaban J connectivity index is 0.00000242. The molecule has 1 aliphatic heterocycles. The zero-order valence-electron chi connectivity index (χ0n) is 14.0. The Kier molecular flexibility index (Phi) is 8.02. The number of halogens is 1. The predicted molar refractivity (Wildman–Crippen MR) is 106 cm³/mol. The number of hydrogen-bond donors (Lipinski definition) is 1. The summed E-state index contributed by atoms with van der Waals surface area (Å²) in [6.45, 7) is 13.4. The lowest BCUT2D eigenvalue weighted by Gasteiger charge is -2.39. The molecule has 7 heteroatoms. The van der Waals surface area contributed by atoms with Gasteiger partial charge in [0.2, 0.25) is 0 Å². The second kappa shape index (κ2) is 9.00. The second-order valence-electron chi connectivity index (χ2n) is 6.05. The first-order valence-electron chi connectivity index (χ1n) is 7.66. The molecule has 0 saturated carbocycles. The van der Waals surface area contributed by atoms with Gasteiger partial charge in [-0.05, 0) is 33.3 Å². The third kappa shape index (κ3) is 5.98. The van der Waals surface area contributed by atoms with Gasteiger partial charge in [-0.15, -0.1) is 24.0 Å². The minimum absolute atomic E-state index is 0. The van der Waals surface area contributed by atoms with Crippen LogP contribution in [0.5, 0.6) is 0 Å². The van der Waals surface area contributed by atoms with E-state index in [9.17, 15) is 0 Å². The van der Waals surface area contributed by atoms with E-state index >= 15 is 0 Å². The molecule has 22 heavy (non-hydrogen) atoms. The molecule has 0 aliphatic carbocycles. The van der Waals surface area contributed by atoms with E-state index in [1.54, 1.807) is 0 Å². The van der Waals surface area contributed by atoms with Crippen LogP contribution in [0.2, 0.25) is 0 Å². The van der Waals surface area contributed by atoms with Gasteiger partial charge in [-0.2, -0.15) is 16.9 Å². The molecular formula is C15H28IN5S. The number of nitrogens with one attached hydrogen (secondary N) is 1. The Morgan fingerprint density at radius 1 is 1.50 bits per heavy atom. The molecule has 1 aromatic heterocycles. The minimum Gasteiger partial charge on any atom is -0.357 e. The summed E-state index contributed by atoms with van der Waals surface area (Å²) in [6.07, 6.45) is 3.95. The third-order valence-electron chi connectivity index (χ3n) is 3.41. The maximum atomic E-state index is 4.77. The van der Waals surface area contributed by atoms with Crippen molar-refractivity contribution in [3.63, 3.8) is 0 Å². The molecule has 2 heterocycles. The monoisotopic (exact) mass is 437 g/mol. The smallest absolute Gasteiger partial charge is 0.194 e. The molecule has 0 unspecified atom stereocenters. The lowest BCUT2D eigenvalue weighted by Crippen LogP contribution is -2.51. The average Bonchev–Trinajstić information content (AvgIpc) is 2.82. The van der Waals surface area contributed by atoms with Crippen LogP contribution in [-0.2, 0) is 6.54 Å². The van der Waals surface area contributed by atoms with Crippen molar-refractivity contribution in [3.05, 3.63) is 18.0 Å². The van der Waals surface area contributed by atoms with E-state index in [1.807, 2.05) is 22.6 Å². The first-order chi connectivity index (χ1) is 10.00. The van der Waals surface area contributed by atoms with Crippen molar-refractivity contribution >= 4 is 41.7 Å². The maximum Gasteiger partial charge on any atom is 0.194 e. The Bertz CT molecular complexity index is 486. The molecule has 126 valence electrons. The number of aryl methyl sites for hydroxylation is 1. The van der Waals surface area contributed by atoms with Crippen LogP contribution in [0.4, 0.5) is 0 Å². The molecule has 5 nitrogen and oxygen atoms in total. The summed E-state index contributed by atoms with van der Waals surface area (Å²) in [7, 11) is 0. The fraction of sp³-hybridized carbons (Fsp3) is 0.733. The first kappa shape index (κ1) is 19.6. The largest absolute Gasteiger partial charge is 0.357 e. The third-order valence-corrected chi connectivity index (χ3v) is 4.71. The van der Waals surface area contributed by atoms with Crippen molar-refractivity contribution < 1.29 is 0 Å². The molecule has 0 amide bonds. The lowest BCUT2D eigenvalue weighted by atomic mass is 10.2. The summed E-state index contributed by atoms with van der Waals surface area (Å²) < 4.78 is 2.26. The van der Waals surface area contributed by atoms with Crippen molar-refractivity contribution in [2.45, 2.75) is 39.0 Å². The molecule has 0 radical (unpaired) electrons. The Labute approximate surface area is 155 Å². The van der Waals surface area contributed by atoms with Gasteiger partial charge >= 0.3 is 0 Å². The lowest BCUT2D eigenvalue weighted by molar-refractivity contribution is 0.375. The van der Waals surface area contributed by atoms with Crippen LogP contribution in [0.25, 0.3) is 0 Å². The zero-order valence-corrected chi connectivity index (χ0v) is 17.1. The molecule has 1 saturated heterocycles. The predicted octanol–water partition coefficient (Wildman–Crippen LogP) is 2.60. The molecular weight excluding hydrogens is 409 g/mol. The normalized spacial score (nSPS) is 18.0. The van der Waals surface area contributed by atoms with Gasteiger partial charge in [0.1, 0.15) is 0 Å². The zero-order chi connectivity index (χ0) is 15.3. The number of hydrogen-bond acceptors (Lipinski definition) is 3. The first-order valence-corrected chi connectivity index (χ1v) is 8.65. The van der Waals surface area contributed by atoms with Crippen molar-refractivity contribution in [1.82, 2.24) is 20.0 Å². The van der Waals surface area contributed by atoms with E-state index in [1.165, 1.54) is 5.56 Å². The molecule has 0 aromatic carbocycles. The second-order valence-corrected chi connectivity index (χ2v) is 7.85. The Morgan fingerprint density at radius 2 is 2.27 bits per heavy atom. The van der Waals surface area contributed by atoms with Gasteiger partial charge < -0.3 is 10.2 Å². The van der Waals surface area contributed by atoms with E-state index in [0.29, 0.717) is 4.75 Å². The SMILES string of the molecule is CCNC(=NCCn1cc(C)cn1)N1CCSC(C)(C)C1.I. The standard InChI is InChI=1S/C15H27N5S.HI/c1-5-16-14(19-8-9-21-15(3,4)12-19)17-6-7-20-11-13(2)10-18-20;/h10-11H,5-9,12H2,1-4H3,(H,16,17);1H. The highest BCUT2D eigenvalue weighted by Gasteiger charge is 2.28. The van der Waals surface area contributed by atoms with Crippen LogP contribution in [0.15, 0.2) is 17.4 Å². The highest BCUT2D eigenvalue weighted by molar-refractivity contribution is 14.0. The number of guanidine groups is 1. The number of nitrogens with zero attached hydrogens (tertiary/aromatic N) is 4. The van der Waals surface area contributed by atoms with Crippen molar-refractivity contribution in [2.75, 3.05) is 31.9 Å². The van der Waals surface area contributed by atoms with Crippen LogP contribution in [0, 0.1) is 6.92 Å². The molecule has 1 fully saturated rings. The van der Waals surface area contributed by atoms with E-state index in [-0.39, 0.29) is 24.0 Å². The summed E-state index contributed by atoms with van der Waals surface area (Å²) in [5.41, 5.74) is 1.20.